The molecule has 16 heteroatoms. The third-order valence-corrected chi connectivity index (χ3v) is 5.12. The molecule has 0 heterocycles. The highest BCUT2D eigenvalue weighted by atomic mass is 16.4. The Morgan fingerprint density at radius 2 is 1.44 bits per heavy atom. The minimum absolute atomic E-state index is 0.0455. The van der Waals surface area contributed by atoms with Gasteiger partial charge < -0.3 is 49.1 Å². The zero-order chi connectivity index (χ0) is 28.0. The van der Waals surface area contributed by atoms with E-state index in [-0.39, 0.29) is 25.3 Å². The number of nitrogens with one attached hydrogen (secondary N) is 3. The van der Waals surface area contributed by atoms with Gasteiger partial charge in [-0.15, -0.1) is 0 Å². The van der Waals surface area contributed by atoms with Crippen LogP contribution in [-0.4, -0.2) is 82.5 Å². The third kappa shape index (κ3) is 12.5. The zero-order valence-corrected chi connectivity index (χ0v) is 20.2. The lowest BCUT2D eigenvalue weighted by molar-refractivity contribution is -0.147. The zero-order valence-electron chi connectivity index (χ0n) is 20.2. The van der Waals surface area contributed by atoms with Gasteiger partial charge in [0.1, 0.15) is 18.1 Å². The number of guanidine groups is 1. The lowest BCUT2D eigenvalue weighted by Gasteiger charge is -2.27. The number of aliphatic carboxylic acids is 2. The number of nitrogens with zero attached hydrogens (tertiary/aromatic N) is 1. The van der Waals surface area contributed by atoms with Crippen LogP contribution in [-0.2, 0) is 28.8 Å². The van der Waals surface area contributed by atoms with Gasteiger partial charge in [-0.3, -0.25) is 29.0 Å². The molecule has 0 rings (SSSR count). The minimum atomic E-state index is -1.75. The number of carboxylic acids is 2. The maximum Gasteiger partial charge on any atom is 0.326 e. The molecule has 0 aliphatic heterocycles. The molecule has 204 valence electrons. The van der Waals surface area contributed by atoms with Crippen LogP contribution in [0.2, 0.25) is 0 Å². The second-order valence-electron chi connectivity index (χ2n) is 8.16. The average molecular weight is 517 g/mol. The monoisotopic (exact) mass is 516 g/mol. The SMILES string of the molecule is CCC(C)C(NC(=O)C(N)CC(N)=O)C(=O)NC(CCCN=C(N)N)C(=O)NC(CC(=O)O)C(=O)O. The van der Waals surface area contributed by atoms with Gasteiger partial charge in [-0.05, 0) is 18.8 Å². The van der Waals surface area contributed by atoms with E-state index in [0.29, 0.717) is 6.42 Å². The molecule has 13 N–H and O–H groups in total. The summed E-state index contributed by atoms with van der Waals surface area (Å²) in [5.74, 6) is -7.02. The number of amides is 4. The lowest BCUT2D eigenvalue weighted by atomic mass is 9.97. The molecule has 0 spiro atoms. The Bertz CT molecular complexity index is 846. The number of hydrogen-bond donors (Lipinski definition) is 9. The Hall–Kier alpha value is -3.95. The first kappa shape index (κ1) is 32.0. The largest absolute Gasteiger partial charge is 0.481 e. The fraction of sp³-hybridized carbons (Fsp3) is 0.650. The van der Waals surface area contributed by atoms with Gasteiger partial charge in [0.05, 0.1) is 18.9 Å². The molecular weight excluding hydrogens is 480 g/mol. The summed E-state index contributed by atoms with van der Waals surface area (Å²) >= 11 is 0. The summed E-state index contributed by atoms with van der Waals surface area (Å²) in [6, 6.07) is -5.52. The number of nitrogens with two attached hydrogens (primary N) is 4. The van der Waals surface area contributed by atoms with Gasteiger partial charge in [0.15, 0.2) is 5.96 Å². The first-order valence-electron chi connectivity index (χ1n) is 11.1. The fourth-order valence-electron chi connectivity index (χ4n) is 2.95. The molecule has 36 heavy (non-hydrogen) atoms. The van der Waals surface area contributed by atoms with E-state index in [0.717, 1.165) is 0 Å². The summed E-state index contributed by atoms with van der Waals surface area (Å²) in [7, 11) is 0. The highest BCUT2D eigenvalue weighted by Crippen LogP contribution is 2.10. The quantitative estimate of drug-likeness (QED) is 0.0514. The van der Waals surface area contributed by atoms with Crippen LogP contribution in [0, 0.1) is 5.92 Å². The van der Waals surface area contributed by atoms with Crippen molar-refractivity contribution in [1.29, 1.82) is 0 Å². The van der Waals surface area contributed by atoms with Crippen molar-refractivity contribution in [3.63, 3.8) is 0 Å². The summed E-state index contributed by atoms with van der Waals surface area (Å²) in [5, 5.41) is 25.1. The molecule has 5 atom stereocenters. The normalized spacial score (nSPS) is 14.8. The molecule has 0 aliphatic carbocycles. The van der Waals surface area contributed by atoms with E-state index in [1.54, 1.807) is 13.8 Å². The molecule has 0 aromatic carbocycles. The molecule has 4 amide bonds. The van der Waals surface area contributed by atoms with Crippen LogP contribution in [0.15, 0.2) is 4.99 Å². The van der Waals surface area contributed by atoms with Crippen molar-refractivity contribution in [2.45, 2.75) is 70.1 Å². The topological polar surface area (TPSA) is 295 Å². The Balaban J connectivity index is 5.72. The standard InChI is InChI=1S/C20H36N8O8/c1-3-9(2)15(28-16(32)10(21)7-13(22)29)18(34)26-11(5-4-6-25-20(23)24)17(33)27-12(19(35)36)8-14(30)31/h9-12,15H,3-8,21H2,1-2H3,(H2,22,29)(H,26,34)(H,27,33)(H,28,32)(H,30,31)(H,35,36)(H4,23,24,25). The van der Waals surface area contributed by atoms with Crippen molar-refractivity contribution in [3.05, 3.63) is 0 Å². The molecule has 16 nitrogen and oxygen atoms in total. The van der Waals surface area contributed by atoms with E-state index in [4.69, 9.17) is 28.0 Å². The van der Waals surface area contributed by atoms with E-state index < -0.39 is 78.5 Å². The first-order valence-corrected chi connectivity index (χ1v) is 11.1. The van der Waals surface area contributed by atoms with Gasteiger partial charge in [0.25, 0.3) is 0 Å². The Kier molecular flexibility index (Phi) is 14.1. The predicted molar refractivity (Wildman–Crippen MR) is 127 cm³/mol. The third-order valence-electron chi connectivity index (χ3n) is 5.12. The number of rotatable bonds is 17. The number of primary amides is 1. The van der Waals surface area contributed by atoms with Crippen molar-refractivity contribution in [2.24, 2.45) is 33.8 Å². The van der Waals surface area contributed by atoms with E-state index in [9.17, 15) is 33.9 Å². The number of carbonyl (C=O) groups excluding carboxylic acids is 4. The summed E-state index contributed by atoms with van der Waals surface area (Å²) in [6.45, 7) is 3.50. The van der Waals surface area contributed by atoms with Gasteiger partial charge in [-0.1, -0.05) is 20.3 Å². The molecule has 0 aromatic heterocycles. The van der Waals surface area contributed by atoms with Gasteiger partial charge in [-0.2, -0.15) is 0 Å². The Morgan fingerprint density at radius 1 is 0.861 bits per heavy atom. The molecule has 0 saturated heterocycles. The second-order valence-corrected chi connectivity index (χ2v) is 8.16. The summed E-state index contributed by atoms with van der Waals surface area (Å²) < 4.78 is 0. The molecule has 0 fully saturated rings. The molecule has 0 bridgehead atoms. The van der Waals surface area contributed by atoms with Crippen molar-refractivity contribution in [3.8, 4) is 0 Å². The summed E-state index contributed by atoms with van der Waals surface area (Å²) in [6.07, 6.45) is -0.757. The van der Waals surface area contributed by atoms with Crippen LogP contribution in [0.3, 0.4) is 0 Å². The summed E-state index contributed by atoms with van der Waals surface area (Å²) in [5.41, 5.74) is 21.2. The molecule has 0 aromatic rings. The van der Waals surface area contributed by atoms with E-state index in [2.05, 4.69) is 20.9 Å². The number of hydrogen-bond acceptors (Lipinski definition) is 8. The van der Waals surface area contributed by atoms with Gasteiger partial charge in [0.2, 0.25) is 23.6 Å². The molecule has 0 saturated carbocycles. The predicted octanol–water partition coefficient (Wildman–Crippen LogP) is -3.70. The van der Waals surface area contributed by atoms with Crippen LogP contribution < -0.4 is 38.9 Å². The smallest absolute Gasteiger partial charge is 0.326 e. The van der Waals surface area contributed by atoms with Crippen LogP contribution in [0.4, 0.5) is 0 Å². The van der Waals surface area contributed by atoms with Crippen molar-refractivity contribution < 1.29 is 39.0 Å². The molecular formula is C20H36N8O8. The first-order chi connectivity index (χ1) is 16.7. The van der Waals surface area contributed by atoms with Crippen LogP contribution in [0.5, 0.6) is 0 Å². The molecule has 5 unspecified atom stereocenters. The number of carboxylic acid groups (broad SMARTS) is 2. The van der Waals surface area contributed by atoms with Crippen LogP contribution in [0.25, 0.3) is 0 Å². The number of aliphatic imine (C=N–C) groups is 1. The highest BCUT2D eigenvalue weighted by molar-refractivity contribution is 5.95. The Labute approximate surface area is 207 Å². The highest BCUT2D eigenvalue weighted by Gasteiger charge is 2.33. The Morgan fingerprint density at radius 3 is 1.92 bits per heavy atom. The summed E-state index contributed by atoms with van der Waals surface area (Å²) in [4.78, 5) is 75.3. The maximum atomic E-state index is 13.1. The van der Waals surface area contributed by atoms with Gasteiger partial charge >= 0.3 is 11.9 Å². The lowest BCUT2D eigenvalue weighted by Crippen LogP contribution is -2.59. The minimum Gasteiger partial charge on any atom is -0.481 e. The van der Waals surface area contributed by atoms with Gasteiger partial charge in [-0.25, -0.2) is 4.79 Å². The number of carbonyl (C=O) groups is 6. The van der Waals surface area contributed by atoms with Crippen molar-refractivity contribution in [2.75, 3.05) is 6.54 Å². The van der Waals surface area contributed by atoms with Crippen molar-refractivity contribution >= 4 is 41.5 Å². The van der Waals surface area contributed by atoms with Gasteiger partial charge in [0, 0.05) is 6.54 Å². The molecule has 0 aliphatic rings. The second kappa shape index (κ2) is 15.9. The van der Waals surface area contributed by atoms with Crippen LogP contribution >= 0.6 is 0 Å². The van der Waals surface area contributed by atoms with Crippen molar-refractivity contribution in [1.82, 2.24) is 16.0 Å². The average Bonchev–Trinajstić information content (AvgIpc) is 2.76. The molecule has 0 radical (unpaired) electrons. The van der Waals surface area contributed by atoms with E-state index in [1.807, 2.05) is 0 Å². The van der Waals surface area contributed by atoms with E-state index in [1.165, 1.54) is 0 Å². The van der Waals surface area contributed by atoms with E-state index >= 15 is 0 Å². The fourth-order valence-corrected chi connectivity index (χ4v) is 2.95. The maximum absolute atomic E-state index is 13.1. The van der Waals surface area contributed by atoms with Crippen LogP contribution in [0.1, 0.15) is 46.0 Å².